The molecule has 5 nitrogen and oxygen atoms in total. The first-order valence-electron chi connectivity index (χ1n) is 7.43. The summed E-state index contributed by atoms with van der Waals surface area (Å²) in [6.45, 7) is 1.88. The summed E-state index contributed by atoms with van der Waals surface area (Å²) in [6.07, 6.45) is 1.63. The molecule has 2 amide bonds. The average molecular weight is 362 g/mol. The van der Waals surface area contributed by atoms with Crippen molar-refractivity contribution < 1.29 is 9.59 Å². The molecule has 0 aliphatic carbocycles. The minimum Gasteiger partial charge on any atom is -0.317 e. The standard InChI is InChI=1S/C17H16ClN3O2S/c1-11-3-2-8-19-15(11)20-16(22)14-9-24-10-21(14)17(23)12-4-6-13(18)7-5-12/h2-8,14H,9-10H2,1H3,(H,19,20,22)/t14-/m1/s1. The molecule has 1 fully saturated rings. The van der Waals surface area contributed by atoms with E-state index in [9.17, 15) is 9.59 Å². The first-order chi connectivity index (χ1) is 11.6. The smallest absolute Gasteiger partial charge is 0.255 e. The van der Waals surface area contributed by atoms with Crippen LogP contribution in [0.3, 0.4) is 0 Å². The van der Waals surface area contributed by atoms with Crippen molar-refractivity contribution in [2.45, 2.75) is 13.0 Å². The summed E-state index contributed by atoms with van der Waals surface area (Å²) in [5, 5.41) is 3.39. The predicted molar refractivity (Wildman–Crippen MR) is 96.3 cm³/mol. The van der Waals surface area contributed by atoms with Gasteiger partial charge in [0.2, 0.25) is 5.91 Å². The summed E-state index contributed by atoms with van der Waals surface area (Å²) in [6, 6.07) is 9.86. The molecule has 24 heavy (non-hydrogen) atoms. The summed E-state index contributed by atoms with van der Waals surface area (Å²) in [4.78, 5) is 31.0. The van der Waals surface area contributed by atoms with Crippen LogP contribution in [0.2, 0.25) is 5.02 Å². The molecule has 0 spiro atoms. The van der Waals surface area contributed by atoms with Crippen LogP contribution in [0.4, 0.5) is 5.82 Å². The van der Waals surface area contributed by atoms with Crippen LogP contribution in [0.5, 0.6) is 0 Å². The van der Waals surface area contributed by atoms with E-state index in [1.54, 1.807) is 47.1 Å². The number of hydrogen-bond acceptors (Lipinski definition) is 4. The zero-order chi connectivity index (χ0) is 17.1. The molecule has 2 aromatic rings. The second-order valence-corrected chi connectivity index (χ2v) is 6.89. The van der Waals surface area contributed by atoms with Crippen LogP contribution in [0, 0.1) is 6.92 Å². The van der Waals surface area contributed by atoms with Gasteiger partial charge in [0.05, 0.1) is 5.88 Å². The summed E-state index contributed by atoms with van der Waals surface area (Å²) in [7, 11) is 0. The molecule has 0 radical (unpaired) electrons. The summed E-state index contributed by atoms with van der Waals surface area (Å²) in [5.74, 6) is 1.19. The number of rotatable bonds is 3. The Morgan fingerprint density at radius 3 is 2.75 bits per heavy atom. The third-order valence-corrected chi connectivity index (χ3v) is 5.05. The van der Waals surface area contributed by atoms with Crippen LogP contribution < -0.4 is 5.32 Å². The zero-order valence-corrected chi connectivity index (χ0v) is 14.6. The van der Waals surface area contributed by atoms with Gasteiger partial charge in [-0.2, -0.15) is 0 Å². The first kappa shape index (κ1) is 16.8. The van der Waals surface area contributed by atoms with E-state index in [1.165, 1.54) is 0 Å². The summed E-state index contributed by atoms with van der Waals surface area (Å²) in [5.41, 5.74) is 1.40. The third-order valence-electron chi connectivity index (χ3n) is 3.79. The molecule has 2 heterocycles. The Bertz CT molecular complexity index is 767. The Morgan fingerprint density at radius 1 is 1.29 bits per heavy atom. The molecule has 3 rings (SSSR count). The fourth-order valence-electron chi connectivity index (χ4n) is 2.43. The largest absolute Gasteiger partial charge is 0.317 e. The highest BCUT2D eigenvalue weighted by Crippen LogP contribution is 2.25. The summed E-state index contributed by atoms with van der Waals surface area (Å²) >= 11 is 7.42. The first-order valence-corrected chi connectivity index (χ1v) is 8.96. The third kappa shape index (κ3) is 3.55. The maximum Gasteiger partial charge on any atom is 0.255 e. The Balaban J connectivity index is 1.75. The molecule has 0 unspecified atom stereocenters. The average Bonchev–Trinajstić information content (AvgIpc) is 3.07. The van der Waals surface area contributed by atoms with Crippen molar-refractivity contribution in [1.29, 1.82) is 0 Å². The number of amides is 2. The molecular formula is C17H16ClN3O2S. The molecule has 0 bridgehead atoms. The zero-order valence-electron chi connectivity index (χ0n) is 13.0. The van der Waals surface area contributed by atoms with Crippen LogP contribution in [-0.4, -0.2) is 39.4 Å². The molecule has 1 saturated heterocycles. The minimum atomic E-state index is -0.514. The molecule has 1 atom stereocenters. The van der Waals surface area contributed by atoms with E-state index >= 15 is 0 Å². The van der Waals surface area contributed by atoms with E-state index in [1.807, 2.05) is 19.1 Å². The van der Waals surface area contributed by atoms with E-state index in [-0.39, 0.29) is 11.8 Å². The number of thioether (sulfide) groups is 1. The second kappa shape index (κ2) is 7.23. The number of nitrogens with zero attached hydrogens (tertiary/aromatic N) is 2. The van der Waals surface area contributed by atoms with Gasteiger partial charge in [-0.25, -0.2) is 4.98 Å². The predicted octanol–water partition coefficient (Wildman–Crippen LogP) is 3.20. The fraction of sp³-hybridized carbons (Fsp3) is 0.235. The number of aromatic nitrogens is 1. The van der Waals surface area contributed by atoms with Crippen molar-refractivity contribution in [3.8, 4) is 0 Å². The van der Waals surface area contributed by atoms with Crippen molar-refractivity contribution in [3.63, 3.8) is 0 Å². The Hall–Kier alpha value is -2.05. The highest BCUT2D eigenvalue weighted by molar-refractivity contribution is 7.99. The van der Waals surface area contributed by atoms with E-state index in [0.29, 0.717) is 28.0 Å². The van der Waals surface area contributed by atoms with Crippen LogP contribution in [-0.2, 0) is 4.79 Å². The van der Waals surface area contributed by atoms with Crippen LogP contribution >= 0.6 is 23.4 Å². The van der Waals surface area contributed by atoms with E-state index in [0.717, 1.165) is 5.56 Å². The van der Waals surface area contributed by atoms with Gasteiger partial charge in [-0.15, -0.1) is 11.8 Å². The number of aryl methyl sites for hydroxylation is 1. The monoisotopic (exact) mass is 361 g/mol. The van der Waals surface area contributed by atoms with Gasteiger partial charge in [-0.3, -0.25) is 9.59 Å². The van der Waals surface area contributed by atoms with Gasteiger partial charge in [0.15, 0.2) is 0 Å². The number of carbonyl (C=O) groups excluding carboxylic acids is 2. The highest BCUT2D eigenvalue weighted by atomic mass is 35.5. The SMILES string of the molecule is Cc1cccnc1NC(=O)[C@H]1CSCN1C(=O)c1ccc(Cl)cc1. The molecule has 0 saturated carbocycles. The number of carbonyl (C=O) groups is 2. The lowest BCUT2D eigenvalue weighted by Gasteiger charge is -2.23. The number of hydrogen-bond donors (Lipinski definition) is 1. The van der Waals surface area contributed by atoms with E-state index in [4.69, 9.17) is 11.6 Å². The van der Waals surface area contributed by atoms with Gasteiger partial charge >= 0.3 is 0 Å². The molecule has 1 aliphatic heterocycles. The lowest BCUT2D eigenvalue weighted by molar-refractivity contribution is -0.119. The quantitative estimate of drug-likeness (QED) is 0.911. The van der Waals surface area contributed by atoms with Crippen molar-refractivity contribution in [1.82, 2.24) is 9.88 Å². The van der Waals surface area contributed by atoms with Crippen LogP contribution in [0.15, 0.2) is 42.6 Å². The number of halogens is 1. The molecular weight excluding hydrogens is 346 g/mol. The van der Waals surface area contributed by atoms with Gasteiger partial charge in [0, 0.05) is 22.5 Å². The van der Waals surface area contributed by atoms with Gasteiger partial charge in [0.25, 0.3) is 5.91 Å². The molecule has 1 N–H and O–H groups in total. The Morgan fingerprint density at radius 2 is 2.04 bits per heavy atom. The Kier molecular flexibility index (Phi) is 5.06. The molecule has 1 aromatic heterocycles. The lowest BCUT2D eigenvalue weighted by Crippen LogP contribution is -2.44. The van der Waals surface area contributed by atoms with Gasteiger partial charge < -0.3 is 10.2 Å². The number of anilines is 1. The molecule has 7 heteroatoms. The highest BCUT2D eigenvalue weighted by Gasteiger charge is 2.35. The van der Waals surface area contributed by atoms with Gasteiger partial charge in [0.1, 0.15) is 11.9 Å². The van der Waals surface area contributed by atoms with Crippen LogP contribution in [0.25, 0.3) is 0 Å². The minimum absolute atomic E-state index is 0.172. The van der Waals surface area contributed by atoms with Crippen LogP contribution in [0.1, 0.15) is 15.9 Å². The Labute approximate surface area is 149 Å². The number of nitrogens with one attached hydrogen (secondary N) is 1. The lowest BCUT2D eigenvalue weighted by atomic mass is 10.1. The van der Waals surface area contributed by atoms with Gasteiger partial charge in [-0.1, -0.05) is 17.7 Å². The topological polar surface area (TPSA) is 62.3 Å². The molecule has 1 aliphatic rings. The maximum atomic E-state index is 12.7. The van der Waals surface area contributed by atoms with Crippen molar-refractivity contribution in [2.24, 2.45) is 0 Å². The van der Waals surface area contributed by atoms with E-state index in [2.05, 4.69) is 10.3 Å². The number of pyridine rings is 1. The molecule has 1 aromatic carbocycles. The fourth-order valence-corrected chi connectivity index (χ4v) is 3.71. The van der Waals surface area contributed by atoms with Crippen molar-refractivity contribution in [2.75, 3.05) is 16.9 Å². The van der Waals surface area contributed by atoms with E-state index < -0.39 is 6.04 Å². The van der Waals surface area contributed by atoms with Crippen molar-refractivity contribution in [3.05, 3.63) is 58.7 Å². The second-order valence-electron chi connectivity index (χ2n) is 5.46. The summed E-state index contributed by atoms with van der Waals surface area (Å²) < 4.78 is 0. The number of benzene rings is 1. The van der Waals surface area contributed by atoms with Gasteiger partial charge in [-0.05, 0) is 42.8 Å². The normalized spacial score (nSPS) is 16.9. The molecule has 124 valence electrons. The van der Waals surface area contributed by atoms with Crippen molar-refractivity contribution >= 4 is 41.0 Å². The maximum absolute atomic E-state index is 12.7.